The Bertz CT molecular complexity index is 1580. The molecule has 4 aromatic carbocycles. The number of piperidine rings is 1. The van der Waals surface area contributed by atoms with Gasteiger partial charge in [-0.3, -0.25) is 4.79 Å². The monoisotopic (exact) mass is 586 g/mol. The van der Waals surface area contributed by atoms with Crippen LogP contribution in [0, 0.1) is 0 Å². The highest BCUT2D eigenvalue weighted by molar-refractivity contribution is 6.04. The quantitative estimate of drug-likeness (QED) is 0.245. The maximum atomic E-state index is 13.7. The van der Waals surface area contributed by atoms with Gasteiger partial charge in [0.1, 0.15) is 11.9 Å². The van der Waals surface area contributed by atoms with E-state index in [0.29, 0.717) is 28.1 Å². The van der Waals surface area contributed by atoms with Crippen LogP contribution >= 0.6 is 0 Å². The van der Waals surface area contributed by atoms with Gasteiger partial charge in [-0.2, -0.15) is 13.2 Å². The van der Waals surface area contributed by atoms with E-state index >= 15 is 0 Å². The van der Waals surface area contributed by atoms with Crippen molar-refractivity contribution in [1.82, 2.24) is 4.90 Å². The summed E-state index contributed by atoms with van der Waals surface area (Å²) in [6, 6.07) is 25.8. The average Bonchev–Trinajstić information content (AvgIpc) is 2.98. The van der Waals surface area contributed by atoms with E-state index < -0.39 is 11.7 Å². The smallest absolute Gasteiger partial charge is 0.416 e. The van der Waals surface area contributed by atoms with Crippen molar-refractivity contribution >= 4 is 11.6 Å². The van der Waals surface area contributed by atoms with Crippen molar-refractivity contribution < 1.29 is 22.7 Å². The third-order valence-corrected chi connectivity index (χ3v) is 7.90. The van der Waals surface area contributed by atoms with E-state index in [4.69, 9.17) is 4.74 Å². The number of ether oxygens (including phenoxy) is 1. The van der Waals surface area contributed by atoms with E-state index in [1.807, 2.05) is 60.7 Å². The summed E-state index contributed by atoms with van der Waals surface area (Å²) in [5, 5.41) is 2.97. The van der Waals surface area contributed by atoms with E-state index in [2.05, 4.69) is 38.0 Å². The Kier molecular flexibility index (Phi) is 8.65. The molecule has 5 rings (SSSR count). The Morgan fingerprint density at radius 1 is 0.791 bits per heavy atom. The third-order valence-electron chi connectivity index (χ3n) is 7.90. The van der Waals surface area contributed by atoms with E-state index in [-0.39, 0.29) is 17.4 Å². The van der Waals surface area contributed by atoms with Crippen LogP contribution in [0.3, 0.4) is 0 Å². The maximum absolute atomic E-state index is 13.7. The summed E-state index contributed by atoms with van der Waals surface area (Å²) in [4.78, 5) is 15.3. The lowest BCUT2D eigenvalue weighted by atomic mass is 9.86. The molecule has 0 aromatic heterocycles. The molecule has 7 heteroatoms. The molecule has 1 amide bonds. The Hall–Kier alpha value is -4.10. The van der Waals surface area contributed by atoms with Crippen LogP contribution in [-0.2, 0) is 11.6 Å². The average molecular weight is 587 g/mol. The number of carbonyl (C=O) groups is 1. The Labute approximate surface area is 251 Å². The molecule has 1 heterocycles. The number of anilines is 1. The standard InChI is InChI=1S/C36H37F3N2O2/c1-35(2,3)27-13-11-24(12-14-27)34(42)40-29-10-6-8-26(22-29)32-16-15-31(43-30-17-19-41(4)20-18-30)23-33(32)25-7-5-9-28(21-25)36(37,38)39/h5-16,21-23,30H,17-20H2,1-4H3,(H,40,42). The molecule has 1 aliphatic heterocycles. The van der Waals surface area contributed by atoms with Gasteiger partial charge in [-0.05, 0) is 102 Å². The molecule has 0 atom stereocenters. The van der Waals surface area contributed by atoms with Crippen molar-refractivity contribution in [1.29, 1.82) is 0 Å². The topological polar surface area (TPSA) is 41.6 Å². The number of carbonyl (C=O) groups excluding carboxylic acids is 1. The van der Waals surface area contributed by atoms with Gasteiger partial charge >= 0.3 is 6.18 Å². The Morgan fingerprint density at radius 3 is 2.09 bits per heavy atom. The summed E-state index contributed by atoms with van der Waals surface area (Å²) in [6.45, 7) is 8.22. The zero-order valence-corrected chi connectivity index (χ0v) is 25.0. The van der Waals surface area contributed by atoms with Crippen molar-refractivity contribution in [2.75, 3.05) is 25.5 Å². The van der Waals surface area contributed by atoms with E-state index in [1.165, 1.54) is 12.1 Å². The number of amides is 1. The normalized spacial score (nSPS) is 14.9. The number of nitrogens with zero attached hydrogens (tertiary/aromatic N) is 1. The van der Waals surface area contributed by atoms with Crippen LogP contribution < -0.4 is 10.1 Å². The summed E-state index contributed by atoms with van der Waals surface area (Å²) < 4.78 is 47.3. The van der Waals surface area contributed by atoms with Crippen LogP contribution in [0.25, 0.3) is 22.3 Å². The predicted octanol–water partition coefficient (Wildman–Crippen LogP) is 9.06. The lowest BCUT2D eigenvalue weighted by Crippen LogP contribution is -2.35. The Morgan fingerprint density at radius 2 is 1.44 bits per heavy atom. The molecule has 43 heavy (non-hydrogen) atoms. The number of hydrogen-bond acceptors (Lipinski definition) is 3. The highest BCUT2D eigenvalue weighted by Gasteiger charge is 2.30. The number of rotatable bonds is 6. The van der Waals surface area contributed by atoms with Crippen LogP contribution in [0.4, 0.5) is 18.9 Å². The molecule has 1 aliphatic rings. The lowest BCUT2D eigenvalue weighted by Gasteiger charge is -2.29. The zero-order chi connectivity index (χ0) is 30.8. The number of benzene rings is 4. The number of alkyl halides is 3. The van der Waals surface area contributed by atoms with Gasteiger partial charge in [0, 0.05) is 24.3 Å². The summed E-state index contributed by atoms with van der Waals surface area (Å²) in [5.41, 5.74) is 4.09. The van der Waals surface area contributed by atoms with Gasteiger partial charge in [0.15, 0.2) is 0 Å². The van der Waals surface area contributed by atoms with Crippen LogP contribution in [0.1, 0.15) is 55.1 Å². The molecule has 0 spiro atoms. The molecule has 0 bridgehead atoms. The second-order valence-electron chi connectivity index (χ2n) is 12.3. The lowest BCUT2D eigenvalue weighted by molar-refractivity contribution is -0.137. The van der Waals surface area contributed by atoms with Crippen LogP contribution in [0.2, 0.25) is 0 Å². The zero-order valence-electron chi connectivity index (χ0n) is 25.0. The first-order valence-corrected chi connectivity index (χ1v) is 14.6. The first kappa shape index (κ1) is 30.4. The fraction of sp³-hybridized carbons (Fsp3) is 0.306. The number of nitrogens with one attached hydrogen (secondary N) is 1. The second kappa shape index (κ2) is 12.3. The summed E-state index contributed by atoms with van der Waals surface area (Å²) in [6.07, 6.45) is -2.64. The van der Waals surface area contributed by atoms with Crippen molar-refractivity contribution in [2.45, 2.75) is 51.3 Å². The minimum absolute atomic E-state index is 0.0195. The van der Waals surface area contributed by atoms with Crippen molar-refractivity contribution in [2.24, 2.45) is 0 Å². The minimum Gasteiger partial charge on any atom is -0.490 e. The van der Waals surface area contributed by atoms with Gasteiger partial charge in [-0.1, -0.05) is 63.2 Å². The SMILES string of the molecule is CN1CCC(Oc2ccc(-c3cccc(NC(=O)c4ccc(C(C)(C)C)cc4)c3)c(-c3cccc(C(F)(F)F)c3)c2)CC1. The minimum atomic E-state index is -4.46. The van der Waals surface area contributed by atoms with Crippen LogP contribution in [0.15, 0.2) is 91.0 Å². The van der Waals surface area contributed by atoms with Gasteiger partial charge in [-0.25, -0.2) is 0 Å². The molecule has 1 saturated heterocycles. The first-order chi connectivity index (χ1) is 20.4. The highest BCUT2D eigenvalue weighted by Crippen LogP contribution is 2.39. The van der Waals surface area contributed by atoms with Crippen molar-refractivity contribution in [3.05, 3.63) is 108 Å². The van der Waals surface area contributed by atoms with Crippen LogP contribution in [-0.4, -0.2) is 37.0 Å². The van der Waals surface area contributed by atoms with E-state index in [0.717, 1.165) is 48.7 Å². The highest BCUT2D eigenvalue weighted by atomic mass is 19.4. The number of hydrogen-bond donors (Lipinski definition) is 1. The van der Waals surface area contributed by atoms with Gasteiger partial charge < -0.3 is 15.0 Å². The second-order valence-corrected chi connectivity index (χ2v) is 12.3. The van der Waals surface area contributed by atoms with Gasteiger partial charge in [0.2, 0.25) is 0 Å². The molecule has 224 valence electrons. The molecule has 0 radical (unpaired) electrons. The number of halogens is 3. The maximum Gasteiger partial charge on any atom is 0.416 e. The summed E-state index contributed by atoms with van der Waals surface area (Å²) in [7, 11) is 2.08. The van der Waals surface area contributed by atoms with E-state index in [1.54, 1.807) is 12.1 Å². The van der Waals surface area contributed by atoms with Crippen molar-refractivity contribution in [3.8, 4) is 28.0 Å². The molecule has 1 fully saturated rings. The summed E-state index contributed by atoms with van der Waals surface area (Å²) >= 11 is 0. The number of likely N-dealkylation sites (tertiary alicyclic amines) is 1. The fourth-order valence-electron chi connectivity index (χ4n) is 5.33. The molecular formula is C36H37F3N2O2. The van der Waals surface area contributed by atoms with Crippen molar-refractivity contribution in [3.63, 3.8) is 0 Å². The third kappa shape index (κ3) is 7.46. The van der Waals surface area contributed by atoms with E-state index in [9.17, 15) is 18.0 Å². The largest absolute Gasteiger partial charge is 0.490 e. The molecule has 4 nitrogen and oxygen atoms in total. The molecule has 1 N–H and O–H groups in total. The molecule has 0 unspecified atom stereocenters. The van der Waals surface area contributed by atoms with Gasteiger partial charge in [0.05, 0.1) is 5.56 Å². The van der Waals surface area contributed by atoms with Gasteiger partial charge in [0.25, 0.3) is 5.91 Å². The summed E-state index contributed by atoms with van der Waals surface area (Å²) in [5.74, 6) is 0.381. The molecule has 0 saturated carbocycles. The Balaban J connectivity index is 1.47. The van der Waals surface area contributed by atoms with Crippen LogP contribution in [0.5, 0.6) is 5.75 Å². The molecule has 0 aliphatic carbocycles. The molecular weight excluding hydrogens is 549 g/mol. The fourth-order valence-corrected chi connectivity index (χ4v) is 5.33. The van der Waals surface area contributed by atoms with Gasteiger partial charge in [-0.15, -0.1) is 0 Å². The first-order valence-electron chi connectivity index (χ1n) is 14.6. The predicted molar refractivity (Wildman–Crippen MR) is 167 cm³/mol. The molecule has 4 aromatic rings.